The van der Waals surface area contributed by atoms with Crippen molar-refractivity contribution >= 4 is 17.7 Å². The van der Waals surface area contributed by atoms with Gasteiger partial charge in [-0.05, 0) is 37.1 Å². The molecule has 3 unspecified atom stereocenters. The van der Waals surface area contributed by atoms with Gasteiger partial charge in [-0.15, -0.1) is 11.8 Å². The topological polar surface area (TPSA) is 47.6 Å². The van der Waals surface area contributed by atoms with Gasteiger partial charge in [0.2, 0.25) is 0 Å². The fraction of sp³-hybridized carbons (Fsp3) is 0.588. The van der Waals surface area contributed by atoms with Crippen LogP contribution in [0.3, 0.4) is 0 Å². The van der Waals surface area contributed by atoms with E-state index in [1.54, 1.807) is 11.8 Å². The van der Waals surface area contributed by atoms with E-state index >= 15 is 0 Å². The summed E-state index contributed by atoms with van der Waals surface area (Å²) in [6.45, 7) is 3.46. The number of carbonyl (C=O) groups excluding carboxylic acids is 1. The zero-order valence-electron chi connectivity index (χ0n) is 12.9. The Morgan fingerprint density at radius 1 is 1.23 bits per heavy atom. The second-order valence-corrected chi connectivity index (χ2v) is 7.04. The van der Waals surface area contributed by atoms with Crippen LogP contribution in [0.25, 0.3) is 0 Å². The summed E-state index contributed by atoms with van der Waals surface area (Å²) in [5.74, 6) is 0.986. The lowest BCUT2D eigenvalue weighted by atomic mass is 9.89. The lowest BCUT2D eigenvalue weighted by molar-refractivity contribution is -0.157. The van der Waals surface area contributed by atoms with Crippen LogP contribution in [-0.4, -0.2) is 43.1 Å². The van der Waals surface area contributed by atoms with E-state index in [0.29, 0.717) is 13.2 Å². The number of rotatable bonds is 4. The summed E-state index contributed by atoms with van der Waals surface area (Å²) in [4.78, 5) is 13.6. The predicted octanol–water partition coefficient (Wildman–Crippen LogP) is 2.86. The Bertz CT molecular complexity index is 522. The first-order chi connectivity index (χ1) is 10.8. The molecule has 4 nitrogen and oxygen atoms in total. The highest BCUT2D eigenvalue weighted by atomic mass is 32.2. The summed E-state index contributed by atoms with van der Waals surface area (Å²) < 4.78 is 11.5. The number of thioether (sulfide) groups is 1. The van der Waals surface area contributed by atoms with Crippen LogP contribution in [0.4, 0.5) is 0 Å². The van der Waals surface area contributed by atoms with Gasteiger partial charge in [-0.25, -0.2) is 0 Å². The first-order valence-corrected chi connectivity index (χ1v) is 9.02. The summed E-state index contributed by atoms with van der Waals surface area (Å²) in [6, 6.07) is 7.99. The third-order valence-corrected chi connectivity index (χ3v) is 5.20. The SMILES string of the molecule is CCSc1ccccc1C(=O)NC1CCC2OCCOC2C1. The van der Waals surface area contributed by atoms with Crippen molar-refractivity contribution < 1.29 is 14.3 Å². The van der Waals surface area contributed by atoms with E-state index in [1.165, 1.54) is 0 Å². The molecule has 0 bridgehead atoms. The van der Waals surface area contributed by atoms with Crippen molar-refractivity contribution in [3.8, 4) is 0 Å². The number of hydrogen-bond donors (Lipinski definition) is 1. The molecule has 1 amide bonds. The zero-order chi connectivity index (χ0) is 15.4. The van der Waals surface area contributed by atoms with E-state index < -0.39 is 0 Å². The molecule has 1 aromatic carbocycles. The van der Waals surface area contributed by atoms with Gasteiger partial charge in [-0.1, -0.05) is 19.1 Å². The molecule has 2 aliphatic rings. The van der Waals surface area contributed by atoms with Crippen molar-refractivity contribution in [3.63, 3.8) is 0 Å². The molecule has 1 N–H and O–H groups in total. The van der Waals surface area contributed by atoms with Crippen LogP contribution in [0.15, 0.2) is 29.2 Å². The van der Waals surface area contributed by atoms with E-state index in [4.69, 9.17) is 9.47 Å². The smallest absolute Gasteiger partial charge is 0.252 e. The van der Waals surface area contributed by atoms with Gasteiger partial charge in [0.15, 0.2) is 0 Å². The van der Waals surface area contributed by atoms with E-state index in [1.807, 2.05) is 24.3 Å². The monoisotopic (exact) mass is 321 g/mol. The molecule has 1 aliphatic heterocycles. The second-order valence-electron chi connectivity index (χ2n) is 5.73. The second kappa shape index (κ2) is 7.49. The van der Waals surface area contributed by atoms with Crippen molar-refractivity contribution in [3.05, 3.63) is 29.8 Å². The van der Waals surface area contributed by atoms with Gasteiger partial charge in [0.25, 0.3) is 5.91 Å². The van der Waals surface area contributed by atoms with Crippen LogP contribution in [0.1, 0.15) is 36.5 Å². The quantitative estimate of drug-likeness (QED) is 0.866. The number of fused-ring (bicyclic) bond motifs is 1. The Balaban J connectivity index is 1.62. The minimum Gasteiger partial charge on any atom is -0.373 e. The Hall–Kier alpha value is -1.04. The fourth-order valence-corrected chi connectivity index (χ4v) is 4.00. The first-order valence-electron chi connectivity index (χ1n) is 8.04. The minimum atomic E-state index is 0.0247. The lowest BCUT2D eigenvalue weighted by Crippen LogP contribution is -2.49. The van der Waals surface area contributed by atoms with Crippen LogP contribution < -0.4 is 5.32 Å². The van der Waals surface area contributed by atoms with E-state index in [0.717, 1.165) is 35.5 Å². The highest BCUT2D eigenvalue weighted by Gasteiger charge is 2.34. The van der Waals surface area contributed by atoms with Crippen molar-refractivity contribution in [2.45, 2.75) is 49.3 Å². The minimum absolute atomic E-state index is 0.0247. The molecule has 3 rings (SSSR count). The zero-order valence-corrected chi connectivity index (χ0v) is 13.7. The summed E-state index contributed by atoms with van der Waals surface area (Å²) >= 11 is 1.70. The number of ether oxygens (including phenoxy) is 2. The molecule has 120 valence electrons. The molecule has 2 fully saturated rings. The number of benzene rings is 1. The molecule has 1 saturated heterocycles. The van der Waals surface area contributed by atoms with E-state index in [2.05, 4.69) is 12.2 Å². The molecular weight excluding hydrogens is 298 g/mol. The van der Waals surface area contributed by atoms with Crippen molar-refractivity contribution in [2.75, 3.05) is 19.0 Å². The summed E-state index contributed by atoms with van der Waals surface area (Å²) in [5, 5.41) is 3.18. The van der Waals surface area contributed by atoms with Crippen LogP contribution in [-0.2, 0) is 9.47 Å². The highest BCUT2D eigenvalue weighted by Crippen LogP contribution is 2.28. The first kappa shape index (κ1) is 15.8. The normalized spacial score (nSPS) is 28.0. The molecule has 0 radical (unpaired) electrons. The van der Waals surface area contributed by atoms with Crippen molar-refractivity contribution in [1.82, 2.24) is 5.32 Å². The molecule has 1 aromatic rings. The average molecular weight is 321 g/mol. The number of hydrogen-bond acceptors (Lipinski definition) is 4. The van der Waals surface area contributed by atoms with E-state index in [-0.39, 0.29) is 24.2 Å². The van der Waals surface area contributed by atoms with Gasteiger partial charge in [0, 0.05) is 10.9 Å². The number of amides is 1. The molecule has 5 heteroatoms. The standard InChI is InChI=1S/C17H23NO3S/c1-2-22-16-6-4-3-5-13(16)17(19)18-12-7-8-14-15(11-12)21-10-9-20-14/h3-6,12,14-15H,2,7-11H2,1H3,(H,18,19). The third kappa shape index (κ3) is 3.65. The molecule has 0 spiro atoms. The molecule has 3 atom stereocenters. The molecule has 1 saturated carbocycles. The van der Waals surface area contributed by atoms with Gasteiger partial charge < -0.3 is 14.8 Å². The fourth-order valence-electron chi connectivity index (χ4n) is 3.20. The van der Waals surface area contributed by atoms with Crippen LogP contribution in [0.5, 0.6) is 0 Å². The molecule has 1 aliphatic carbocycles. The third-order valence-electron chi connectivity index (χ3n) is 4.25. The van der Waals surface area contributed by atoms with E-state index in [9.17, 15) is 4.79 Å². The maximum absolute atomic E-state index is 12.6. The number of carbonyl (C=O) groups is 1. The van der Waals surface area contributed by atoms with Crippen LogP contribution >= 0.6 is 11.8 Å². The predicted molar refractivity (Wildman–Crippen MR) is 87.4 cm³/mol. The summed E-state index contributed by atoms with van der Waals surface area (Å²) in [5.41, 5.74) is 0.775. The number of nitrogens with one attached hydrogen (secondary N) is 1. The largest absolute Gasteiger partial charge is 0.373 e. The lowest BCUT2D eigenvalue weighted by Gasteiger charge is -2.39. The Kier molecular flexibility index (Phi) is 5.39. The Morgan fingerprint density at radius 3 is 2.82 bits per heavy atom. The van der Waals surface area contributed by atoms with Gasteiger partial charge in [-0.3, -0.25) is 4.79 Å². The summed E-state index contributed by atoms with van der Waals surface area (Å²) in [6.07, 6.45) is 3.11. The Morgan fingerprint density at radius 2 is 2.00 bits per heavy atom. The molecule has 1 heterocycles. The summed E-state index contributed by atoms with van der Waals surface area (Å²) in [7, 11) is 0. The van der Waals surface area contributed by atoms with Gasteiger partial charge in [0.1, 0.15) is 0 Å². The Labute approximate surface area is 135 Å². The van der Waals surface area contributed by atoms with Crippen LogP contribution in [0.2, 0.25) is 0 Å². The molecule has 0 aromatic heterocycles. The highest BCUT2D eigenvalue weighted by molar-refractivity contribution is 7.99. The van der Waals surface area contributed by atoms with Gasteiger partial charge in [0.05, 0.1) is 31.0 Å². The van der Waals surface area contributed by atoms with Gasteiger partial charge >= 0.3 is 0 Å². The maximum Gasteiger partial charge on any atom is 0.252 e. The average Bonchev–Trinajstić information content (AvgIpc) is 2.55. The van der Waals surface area contributed by atoms with Crippen molar-refractivity contribution in [2.24, 2.45) is 0 Å². The molecule has 22 heavy (non-hydrogen) atoms. The maximum atomic E-state index is 12.6. The van der Waals surface area contributed by atoms with Gasteiger partial charge in [-0.2, -0.15) is 0 Å². The molecular formula is C17H23NO3S. The van der Waals surface area contributed by atoms with Crippen molar-refractivity contribution in [1.29, 1.82) is 0 Å². The van der Waals surface area contributed by atoms with Crippen LogP contribution in [0, 0.1) is 0 Å².